The average Bonchev–Trinajstić information content (AvgIpc) is 2.44. The van der Waals surface area contributed by atoms with Crippen LogP contribution in [0.1, 0.15) is 12.0 Å². The van der Waals surface area contributed by atoms with Gasteiger partial charge in [-0.15, -0.1) is 0 Å². The lowest BCUT2D eigenvalue weighted by atomic mass is 10.0. The van der Waals surface area contributed by atoms with Crippen LogP contribution >= 0.6 is 0 Å². The number of rotatable bonds is 4. The molecule has 20 heavy (non-hydrogen) atoms. The Labute approximate surface area is 120 Å². The van der Waals surface area contributed by atoms with Crippen LogP contribution in [0.3, 0.4) is 0 Å². The van der Waals surface area contributed by atoms with Gasteiger partial charge in [-0.25, -0.2) is 0 Å². The van der Waals surface area contributed by atoms with Crippen molar-refractivity contribution in [1.29, 1.82) is 0 Å². The summed E-state index contributed by atoms with van der Waals surface area (Å²) in [6.07, 6.45) is 1.56. The lowest BCUT2D eigenvalue weighted by Gasteiger charge is -2.33. The second-order valence-corrected chi connectivity index (χ2v) is 6.86. The van der Waals surface area contributed by atoms with Crippen molar-refractivity contribution >= 4 is 15.9 Å². The van der Waals surface area contributed by atoms with Gasteiger partial charge in [0.1, 0.15) is 11.5 Å². The highest BCUT2D eigenvalue weighted by Gasteiger charge is 2.31. The van der Waals surface area contributed by atoms with Crippen LogP contribution in [0, 0.1) is 0 Å². The molecular weight excluding hydrogens is 280 g/mol. The van der Waals surface area contributed by atoms with Crippen molar-refractivity contribution in [3.05, 3.63) is 17.7 Å². The molecule has 0 fully saturated rings. The summed E-state index contributed by atoms with van der Waals surface area (Å²) >= 11 is 0. The first-order chi connectivity index (χ1) is 9.41. The van der Waals surface area contributed by atoms with Crippen LogP contribution in [0.2, 0.25) is 0 Å². The maximum atomic E-state index is 12.4. The molecule has 6 nitrogen and oxygen atoms in total. The van der Waals surface area contributed by atoms with E-state index in [9.17, 15) is 8.42 Å². The molecule has 112 valence electrons. The zero-order valence-electron chi connectivity index (χ0n) is 12.2. The van der Waals surface area contributed by atoms with Crippen LogP contribution in [0.25, 0.3) is 0 Å². The SMILES string of the molecule is COc1cc(OC)c2c(c1)N(S(=O)(=O)N(C)C)CCC2. The first-order valence-electron chi connectivity index (χ1n) is 6.37. The Morgan fingerprint density at radius 2 is 1.90 bits per heavy atom. The fourth-order valence-corrected chi connectivity index (χ4v) is 3.50. The first kappa shape index (κ1) is 14.9. The lowest BCUT2D eigenvalue weighted by Crippen LogP contribution is -2.42. The molecule has 0 spiro atoms. The molecule has 0 aromatic heterocycles. The molecule has 0 N–H and O–H groups in total. The Morgan fingerprint density at radius 3 is 2.45 bits per heavy atom. The van der Waals surface area contributed by atoms with Crippen LogP contribution in [0.5, 0.6) is 11.5 Å². The monoisotopic (exact) mass is 300 g/mol. The van der Waals surface area contributed by atoms with Crippen molar-refractivity contribution in [3.8, 4) is 11.5 Å². The number of ether oxygens (including phenoxy) is 2. The predicted octanol–water partition coefficient (Wildman–Crippen LogP) is 1.26. The van der Waals surface area contributed by atoms with Gasteiger partial charge >= 0.3 is 10.2 Å². The molecule has 0 saturated carbocycles. The zero-order chi connectivity index (χ0) is 14.9. The van der Waals surface area contributed by atoms with Gasteiger partial charge in [0.2, 0.25) is 0 Å². The minimum absolute atomic E-state index is 0.462. The Hall–Kier alpha value is -1.47. The fraction of sp³-hybridized carbons (Fsp3) is 0.538. The number of hydrogen-bond acceptors (Lipinski definition) is 4. The van der Waals surface area contributed by atoms with E-state index >= 15 is 0 Å². The van der Waals surface area contributed by atoms with E-state index in [1.54, 1.807) is 26.4 Å². The van der Waals surface area contributed by atoms with Crippen molar-refractivity contribution in [2.75, 3.05) is 39.2 Å². The van der Waals surface area contributed by atoms with E-state index in [1.807, 2.05) is 0 Å². The van der Waals surface area contributed by atoms with E-state index in [-0.39, 0.29) is 0 Å². The highest BCUT2D eigenvalue weighted by Crippen LogP contribution is 2.39. The van der Waals surface area contributed by atoms with Gasteiger partial charge in [0.25, 0.3) is 0 Å². The van der Waals surface area contributed by atoms with E-state index in [1.165, 1.54) is 22.7 Å². The van der Waals surface area contributed by atoms with Gasteiger partial charge in [-0.3, -0.25) is 4.31 Å². The molecule has 0 unspecified atom stereocenters. The van der Waals surface area contributed by atoms with Gasteiger partial charge in [0.15, 0.2) is 0 Å². The molecule has 0 saturated heterocycles. The summed E-state index contributed by atoms with van der Waals surface area (Å²) in [5, 5.41) is 0. The summed E-state index contributed by atoms with van der Waals surface area (Å²) in [6, 6.07) is 3.53. The van der Waals surface area contributed by atoms with Gasteiger partial charge in [0, 0.05) is 38.3 Å². The average molecular weight is 300 g/mol. The number of nitrogens with zero attached hydrogens (tertiary/aromatic N) is 2. The Bertz CT molecular complexity index is 599. The molecule has 1 aromatic carbocycles. The molecule has 1 aromatic rings. The third kappa shape index (κ3) is 2.43. The molecule has 1 aliphatic heterocycles. The maximum Gasteiger partial charge on any atom is 0.303 e. The van der Waals surface area contributed by atoms with Gasteiger partial charge in [-0.05, 0) is 12.8 Å². The summed E-state index contributed by atoms with van der Waals surface area (Å²) in [6.45, 7) is 0.462. The molecule has 2 rings (SSSR count). The zero-order valence-corrected chi connectivity index (χ0v) is 13.0. The van der Waals surface area contributed by atoms with Crippen LogP contribution < -0.4 is 13.8 Å². The molecule has 0 radical (unpaired) electrons. The molecule has 0 aliphatic carbocycles. The summed E-state index contributed by atoms with van der Waals surface area (Å²) in [4.78, 5) is 0. The normalized spacial score (nSPS) is 15.2. The van der Waals surface area contributed by atoms with Crippen molar-refractivity contribution in [1.82, 2.24) is 4.31 Å². The van der Waals surface area contributed by atoms with E-state index in [2.05, 4.69) is 0 Å². The smallest absolute Gasteiger partial charge is 0.303 e. The topological polar surface area (TPSA) is 59.1 Å². The summed E-state index contributed by atoms with van der Waals surface area (Å²) in [7, 11) is 2.68. The lowest BCUT2D eigenvalue weighted by molar-refractivity contribution is 0.390. The van der Waals surface area contributed by atoms with E-state index in [0.717, 1.165) is 18.4 Å². The minimum Gasteiger partial charge on any atom is -0.497 e. The Kier molecular flexibility index (Phi) is 4.10. The maximum absolute atomic E-state index is 12.4. The molecule has 0 amide bonds. The Morgan fingerprint density at radius 1 is 1.20 bits per heavy atom. The number of anilines is 1. The molecule has 7 heteroatoms. The minimum atomic E-state index is -3.51. The van der Waals surface area contributed by atoms with Gasteiger partial charge in [0.05, 0.1) is 19.9 Å². The number of methoxy groups -OCH3 is 2. The van der Waals surface area contributed by atoms with Crippen molar-refractivity contribution < 1.29 is 17.9 Å². The molecular formula is C13H20N2O4S. The van der Waals surface area contributed by atoms with Gasteiger partial charge in [-0.2, -0.15) is 12.7 Å². The second kappa shape index (κ2) is 5.49. The molecule has 1 heterocycles. The van der Waals surface area contributed by atoms with Crippen LogP contribution in [-0.4, -0.2) is 47.6 Å². The standard InChI is InChI=1S/C13H20N2O4S/c1-14(2)20(16,17)15-7-5-6-11-12(15)8-10(18-3)9-13(11)19-4/h8-9H,5-7H2,1-4H3. The Balaban J connectivity index is 2.61. The first-order valence-corrected chi connectivity index (χ1v) is 7.76. The molecule has 0 bridgehead atoms. The second-order valence-electron chi connectivity index (χ2n) is 4.79. The van der Waals surface area contributed by atoms with E-state index in [0.29, 0.717) is 23.7 Å². The van der Waals surface area contributed by atoms with E-state index in [4.69, 9.17) is 9.47 Å². The quantitative estimate of drug-likeness (QED) is 0.840. The largest absolute Gasteiger partial charge is 0.497 e. The molecule has 0 atom stereocenters. The van der Waals surface area contributed by atoms with Crippen molar-refractivity contribution in [2.24, 2.45) is 0 Å². The summed E-state index contributed by atoms with van der Waals surface area (Å²) in [5.74, 6) is 1.25. The van der Waals surface area contributed by atoms with Crippen molar-refractivity contribution in [2.45, 2.75) is 12.8 Å². The highest BCUT2D eigenvalue weighted by molar-refractivity contribution is 7.90. The van der Waals surface area contributed by atoms with Gasteiger partial charge in [-0.1, -0.05) is 0 Å². The van der Waals surface area contributed by atoms with E-state index < -0.39 is 10.2 Å². The number of hydrogen-bond donors (Lipinski definition) is 0. The highest BCUT2D eigenvalue weighted by atomic mass is 32.2. The predicted molar refractivity (Wildman–Crippen MR) is 77.8 cm³/mol. The number of fused-ring (bicyclic) bond motifs is 1. The number of benzene rings is 1. The van der Waals surface area contributed by atoms with Crippen LogP contribution in [-0.2, 0) is 16.6 Å². The van der Waals surface area contributed by atoms with Crippen LogP contribution in [0.4, 0.5) is 5.69 Å². The third-order valence-corrected chi connectivity index (χ3v) is 5.27. The van der Waals surface area contributed by atoms with Crippen molar-refractivity contribution in [3.63, 3.8) is 0 Å². The van der Waals surface area contributed by atoms with Crippen LogP contribution in [0.15, 0.2) is 12.1 Å². The third-order valence-electron chi connectivity index (χ3n) is 3.41. The summed E-state index contributed by atoms with van der Waals surface area (Å²) in [5.41, 5.74) is 1.55. The fourth-order valence-electron chi connectivity index (χ4n) is 2.34. The summed E-state index contributed by atoms with van der Waals surface area (Å²) < 4.78 is 38.1. The van der Waals surface area contributed by atoms with Gasteiger partial charge < -0.3 is 9.47 Å². The molecule has 1 aliphatic rings.